The van der Waals surface area contributed by atoms with Gasteiger partial charge >= 0.3 is 0 Å². The van der Waals surface area contributed by atoms with E-state index in [4.69, 9.17) is 4.74 Å². The zero-order valence-electron chi connectivity index (χ0n) is 8.10. The van der Waals surface area contributed by atoms with Gasteiger partial charge in [0.05, 0.1) is 24.0 Å². The molecule has 0 radical (unpaired) electrons. The summed E-state index contributed by atoms with van der Waals surface area (Å²) in [6.07, 6.45) is 1.95. The molecule has 0 saturated carbocycles. The molecule has 4 atom stereocenters. The van der Waals surface area contributed by atoms with Crippen molar-refractivity contribution in [3.05, 3.63) is 0 Å². The van der Waals surface area contributed by atoms with Crippen LogP contribution in [-0.4, -0.2) is 35.5 Å². The lowest BCUT2D eigenvalue weighted by molar-refractivity contribution is -0.142. The van der Waals surface area contributed by atoms with Gasteiger partial charge in [0.1, 0.15) is 0 Å². The normalized spacial score (nSPS) is 45.1. The van der Waals surface area contributed by atoms with Gasteiger partial charge in [-0.05, 0) is 19.8 Å². The molecule has 76 valence electrons. The van der Waals surface area contributed by atoms with Crippen LogP contribution in [0, 0.1) is 11.8 Å². The minimum absolute atomic E-state index is 0.00491. The number of imide groups is 1. The molecule has 3 fully saturated rings. The number of ether oxygens (including phenoxy) is 1. The lowest BCUT2D eigenvalue weighted by Crippen LogP contribution is -2.33. The van der Waals surface area contributed by atoms with Crippen LogP contribution in [0.15, 0.2) is 0 Å². The first kappa shape index (κ1) is 8.41. The van der Waals surface area contributed by atoms with Crippen molar-refractivity contribution in [2.24, 2.45) is 11.8 Å². The zero-order chi connectivity index (χ0) is 9.87. The Balaban J connectivity index is 1.98. The summed E-state index contributed by atoms with van der Waals surface area (Å²) in [5, 5.41) is 0. The number of carbonyl (C=O) groups excluding carboxylic acids is 2. The quantitative estimate of drug-likeness (QED) is 0.560. The highest BCUT2D eigenvalue weighted by molar-refractivity contribution is 6.06. The smallest absolute Gasteiger partial charge is 0.235 e. The Kier molecular flexibility index (Phi) is 1.54. The van der Waals surface area contributed by atoms with E-state index in [1.165, 1.54) is 4.90 Å². The topological polar surface area (TPSA) is 46.6 Å². The summed E-state index contributed by atoms with van der Waals surface area (Å²) >= 11 is 0. The van der Waals surface area contributed by atoms with Gasteiger partial charge in [-0.2, -0.15) is 0 Å². The molecule has 14 heavy (non-hydrogen) atoms. The van der Waals surface area contributed by atoms with E-state index in [1.807, 2.05) is 6.92 Å². The first-order valence-electron chi connectivity index (χ1n) is 5.24. The van der Waals surface area contributed by atoms with Crippen molar-refractivity contribution in [1.29, 1.82) is 0 Å². The second kappa shape index (κ2) is 2.57. The monoisotopic (exact) mass is 195 g/mol. The molecule has 3 aliphatic heterocycles. The van der Waals surface area contributed by atoms with Crippen molar-refractivity contribution in [3.8, 4) is 0 Å². The van der Waals surface area contributed by atoms with E-state index in [0.717, 1.165) is 12.8 Å². The summed E-state index contributed by atoms with van der Waals surface area (Å²) in [5.41, 5.74) is 0. The third-order valence-corrected chi connectivity index (χ3v) is 3.69. The molecule has 0 N–H and O–H groups in total. The summed E-state index contributed by atoms with van der Waals surface area (Å²) in [4.78, 5) is 25.1. The predicted octanol–water partition coefficient (Wildman–Crippen LogP) is 0.169. The zero-order valence-corrected chi connectivity index (χ0v) is 8.10. The highest BCUT2D eigenvalue weighted by Crippen LogP contribution is 2.48. The Bertz CT molecular complexity index is 286. The molecule has 2 amide bonds. The Morgan fingerprint density at radius 1 is 1.21 bits per heavy atom. The molecular formula is C10H13NO3. The molecule has 0 aliphatic carbocycles. The molecule has 0 unspecified atom stereocenters. The van der Waals surface area contributed by atoms with Gasteiger partial charge in [0.2, 0.25) is 11.8 Å². The maximum Gasteiger partial charge on any atom is 0.235 e. The summed E-state index contributed by atoms with van der Waals surface area (Å²) in [5.74, 6) is -0.313. The minimum Gasteiger partial charge on any atom is -0.373 e. The van der Waals surface area contributed by atoms with Crippen LogP contribution < -0.4 is 0 Å². The van der Waals surface area contributed by atoms with Crippen LogP contribution in [0.2, 0.25) is 0 Å². The number of hydrogen-bond donors (Lipinski definition) is 0. The van der Waals surface area contributed by atoms with Gasteiger partial charge in [-0.3, -0.25) is 14.5 Å². The fourth-order valence-corrected chi connectivity index (χ4v) is 3.09. The molecule has 0 aromatic rings. The van der Waals surface area contributed by atoms with Gasteiger partial charge in [-0.25, -0.2) is 0 Å². The number of likely N-dealkylation sites (tertiary alicyclic amines) is 1. The van der Waals surface area contributed by atoms with Crippen LogP contribution in [0.3, 0.4) is 0 Å². The van der Waals surface area contributed by atoms with E-state index in [0.29, 0.717) is 6.54 Å². The molecule has 3 saturated heterocycles. The average Bonchev–Trinajstić information content (AvgIpc) is 2.80. The fraction of sp³-hybridized carbons (Fsp3) is 0.800. The van der Waals surface area contributed by atoms with Crippen LogP contribution in [0.1, 0.15) is 19.8 Å². The lowest BCUT2D eigenvalue weighted by Gasteiger charge is -2.15. The minimum atomic E-state index is -0.152. The Hall–Kier alpha value is -0.900. The SMILES string of the molecule is CCN1C(=O)[C@H]2[C@H](C1=O)[C@H]1CC[C@H]2O1. The van der Waals surface area contributed by atoms with E-state index in [1.54, 1.807) is 0 Å². The maximum atomic E-state index is 11.8. The highest BCUT2D eigenvalue weighted by atomic mass is 16.5. The first-order valence-corrected chi connectivity index (χ1v) is 5.24. The number of fused-ring (bicyclic) bond motifs is 5. The number of nitrogens with zero attached hydrogens (tertiary/aromatic N) is 1. The third kappa shape index (κ3) is 0.780. The van der Waals surface area contributed by atoms with Crippen LogP contribution in [-0.2, 0) is 14.3 Å². The molecular weight excluding hydrogens is 182 g/mol. The standard InChI is InChI=1S/C10H13NO3/c1-2-11-9(12)7-5-3-4-6(14-5)8(7)10(11)13/h5-8H,2-4H2,1H3/t5-,6-,7-,8-/m1/s1. The second-order valence-electron chi connectivity index (χ2n) is 4.26. The second-order valence-corrected chi connectivity index (χ2v) is 4.26. The Morgan fingerprint density at radius 2 is 1.71 bits per heavy atom. The van der Waals surface area contributed by atoms with Crippen molar-refractivity contribution >= 4 is 11.8 Å². The summed E-state index contributed by atoms with van der Waals surface area (Å²) in [6.45, 7) is 2.35. The van der Waals surface area contributed by atoms with Gasteiger partial charge < -0.3 is 4.74 Å². The molecule has 3 heterocycles. The Labute approximate surface area is 82.2 Å². The maximum absolute atomic E-state index is 11.8. The largest absolute Gasteiger partial charge is 0.373 e. The van der Waals surface area contributed by atoms with Crippen molar-refractivity contribution in [2.75, 3.05) is 6.54 Å². The molecule has 3 aliphatic rings. The molecule has 4 nitrogen and oxygen atoms in total. The molecule has 0 aromatic heterocycles. The van der Waals surface area contributed by atoms with E-state index in [-0.39, 0.29) is 35.9 Å². The predicted molar refractivity (Wildman–Crippen MR) is 47.3 cm³/mol. The number of rotatable bonds is 1. The summed E-state index contributed by atoms with van der Waals surface area (Å²) < 4.78 is 5.60. The van der Waals surface area contributed by atoms with E-state index < -0.39 is 0 Å². The average molecular weight is 195 g/mol. The van der Waals surface area contributed by atoms with Gasteiger partial charge in [-0.1, -0.05) is 0 Å². The summed E-state index contributed by atoms with van der Waals surface area (Å²) in [7, 11) is 0. The molecule has 2 bridgehead atoms. The summed E-state index contributed by atoms with van der Waals surface area (Å²) in [6, 6.07) is 0. The van der Waals surface area contributed by atoms with Gasteiger partial charge in [-0.15, -0.1) is 0 Å². The van der Waals surface area contributed by atoms with Gasteiger partial charge in [0.25, 0.3) is 0 Å². The van der Waals surface area contributed by atoms with Crippen LogP contribution >= 0.6 is 0 Å². The molecule has 4 heteroatoms. The van der Waals surface area contributed by atoms with Gasteiger partial charge in [0.15, 0.2) is 0 Å². The Morgan fingerprint density at radius 3 is 2.14 bits per heavy atom. The van der Waals surface area contributed by atoms with Crippen molar-refractivity contribution in [3.63, 3.8) is 0 Å². The fourth-order valence-electron chi connectivity index (χ4n) is 3.09. The number of amides is 2. The van der Waals surface area contributed by atoms with E-state index in [9.17, 15) is 9.59 Å². The third-order valence-electron chi connectivity index (χ3n) is 3.69. The lowest BCUT2D eigenvalue weighted by atomic mass is 9.81. The van der Waals surface area contributed by atoms with Crippen molar-refractivity contribution in [1.82, 2.24) is 4.90 Å². The number of carbonyl (C=O) groups is 2. The van der Waals surface area contributed by atoms with Crippen LogP contribution in [0.4, 0.5) is 0 Å². The molecule has 3 rings (SSSR count). The molecule has 0 spiro atoms. The number of hydrogen-bond acceptors (Lipinski definition) is 3. The van der Waals surface area contributed by atoms with E-state index in [2.05, 4.69) is 0 Å². The highest BCUT2D eigenvalue weighted by Gasteiger charge is 2.61. The van der Waals surface area contributed by atoms with Crippen LogP contribution in [0.5, 0.6) is 0 Å². The van der Waals surface area contributed by atoms with Crippen molar-refractivity contribution < 1.29 is 14.3 Å². The van der Waals surface area contributed by atoms with Gasteiger partial charge in [0, 0.05) is 6.54 Å². The van der Waals surface area contributed by atoms with Crippen LogP contribution in [0.25, 0.3) is 0 Å². The van der Waals surface area contributed by atoms with Crippen molar-refractivity contribution in [2.45, 2.75) is 32.0 Å². The molecule has 0 aromatic carbocycles. The van der Waals surface area contributed by atoms with E-state index >= 15 is 0 Å². The first-order chi connectivity index (χ1) is 6.74.